The molecule has 0 amide bonds. The Labute approximate surface area is 206 Å². The van der Waals surface area contributed by atoms with Crippen LogP contribution in [0, 0.1) is 0 Å². The molecular formula is C18H42Al2O10P2+2. The number of rotatable bonds is 10. The molecule has 0 aromatic heterocycles. The third kappa shape index (κ3) is 25.6. The molecule has 0 aliphatic carbocycles. The van der Waals surface area contributed by atoms with Crippen molar-refractivity contribution in [2.45, 2.75) is 105 Å². The molecule has 0 fully saturated rings. The molecule has 2 unspecified atom stereocenters. The van der Waals surface area contributed by atoms with Gasteiger partial charge in [-0.15, -0.1) is 9.05 Å². The Bertz CT molecular complexity index is 484. The highest BCUT2D eigenvalue weighted by atomic mass is 31.1. The molecule has 0 bridgehead atoms. The highest BCUT2D eigenvalue weighted by Crippen LogP contribution is 2.28. The highest BCUT2D eigenvalue weighted by molar-refractivity contribution is 7.35. The van der Waals surface area contributed by atoms with Gasteiger partial charge in [-0.05, 0) is 83.1 Å². The lowest BCUT2D eigenvalue weighted by Gasteiger charge is -2.27. The Morgan fingerprint density at radius 2 is 0.656 bits per heavy atom. The first-order chi connectivity index (χ1) is 14.1. The van der Waals surface area contributed by atoms with Crippen LogP contribution in [0.4, 0.5) is 0 Å². The van der Waals surface area contributed by atoms with Crippen molar-refractivity contribution >= 4 is 46.8 Å². The summed E-state index contributed by atoms with van der Waals surface area (Å²) in [6.07, 6.45) is 0. The standard InChI is InChI=1S/4C4H9O.2CH3O3P.2Al/c4*1-4(2,3)5;2*1-4-5(2)3;;/h4*1-3H3;2*1H3;;/q4*-1;;;2*+3. The summed E-state index contributed by atoms with van der Waals surface area (Å²) in [4.78, 5) is 0. The monoisotopic (exact) mass is 534 g/mol. The van der Waals surface area contributed by atoms with E-state index in [0.717, 1.165) is 0 Å². The molecule has 0 saturated heterocycles. The molecule has 0 heterocycles. The molecule has 0 aromatic carbocycles. The van der Waals surface area contributed by atoms with E-state index in [1.54, 1.807) is 0 Å². The van der Waals surface area contributed by atoms with Crippen LogP contribution in [0.3, 0.4) is 0 Å². The Morgan fingerprint density at radius 1 is 0.469 bits per heavy atom. The van der Waals surface area contributed by atoms with E-state index < -0.39 is 69.2 Å². The van der Waals surface area contributed by atoms with Crippen LogP contribution < -0.4 is 0 Å². The highest BCUT2D eigenvalue weighted by Gasteiger charge is 2.49. The van der Waals surface area contributed by atoms with Gasteiger partial charge in [0.2, 0.25) is 0 Å². The van der Waals surface area contributed by atoms with Gasteiger partial charge in [-0.2, -0.15) is 7.15 Å². The van der Waals surface area contributed by atoms with Crippen molar-refractivity contribution in [1.29, 1.82) is 0 Å². The largest absolute Gasteiger partial charge is 0.957 e. The van der Waals surface area contributed by atoms with Crippen LogP contribution in [0.2, 0.25) is 0 Å². The molecule has 188 valence electrons. The van der Waals surface area contributed by atoms with Crippen molar-refractivity contribution in [2.24, 2.45) is 0 Å². The van der Waals surface area contributed by atoms with E-state index in [2.05, 4.69) is 9.05 Å². The SMILES string of the molecule is CO[P+](=O)[O][Al]([O]C(C)(C)C)[O]C(C)(C)C.CO[P+](=O)[O][Al]([O]C(C)(C)C)[O]C(C)(C)C. The van der Waals surface area contributed by atoms with Gasteiger partial charge in [-0.1, -0.05) is 0 Å². The summed E-state index contributed by atoms with van der Waals surface area (Å²) in [5, 5.41) is 0. The van der Waals surface area contributed by atoms with Gasteiger partial charge in [-0.25, -0.2) is 0 Å². The first-order valence-corrected chi connectivity index (χ1v) is 15.2. The maximum absolute atomic E-state index is 11.2. The summed E-state index contributed by atoms with van der Waals surface area (Å²) in [6.45, 7) is 22.7. The predicted octanol–water partition coefficient (Wildman–Crippen LogP) is 5.84. The zero-order valence-electron chi connectivity index (χ0n) is 22.1. The van der Waals surface area contributed by atoms with Gasteiger partial charge in [-0.3, -0.25) is 0 Å². The first-order valence-electron chi connectivity index (χ1n) is 10.1. The Balaban J connectivity index is 0. The maximum atomic E-state index is 11.2. The third-order valence-corrected chi connectivity index (χ3v) is 9.39. The van der Waals surface area contributed by atoms with E-state index in [1.165, 1.54) is 14.2 Å². The average molecular weight is 534 g/mol. The molecule has 0 aliphatic rings. The van der Waals surface area contributed by atoms with E-state index in [0.29, 0.717) is 0 Å². The van der Waals surface area contributed by atoms with Crippen molar-refractivity contribution in [3.05, 3.63) is 0 Å². The smallest absolute Gasteiger partial charge is 0.448 e. The number of hydrogen-bond donors (Lipinski definition) is 0. The first kappa shape index (κ1) is 35.1. The van der Waals surface area contributed by atoms with Gasteiger partial charge < -0.3 is 15.2 Å². The molecule has 0 saturated carbocycles. The second kappa shape index (κ2) is 15.1. The Hall–Kier alpha value is 0.945. The molecule has 0 radical (unpaired) electrons. The summed E-state index contributed by atoms with van der Waals surface area (Å²) in [5.74, 6) is 0. The zero-order chi connectivity index (χ0) is 26.0. The predicted molar refractivity (Wildman–Crippen MR) is 126 cm³/mol. The molecule has 0 spiro atoms. The van der Waals surface area contributed by atoms with Crippen molar-refractivity contribution < 1.29 is 40.5 Å². The fourth-order valence-electron chi connectivity index (χ4n) is 1.52. The molecule has 0 aliphatic heterocycles. The fraction of sp³-hybridized carbons (Fsp3) is 1.00. The minimum atomic E-state index is -2.47. The summed E-state index contributed by atoms with van der Waals surface area (Å²) in [5.41, 5.74) is -1.59. The van der Waals surface area contributed by atoms with Crippen LogP contribution in [-0.2, 0) is 40.5 Å². The van der Waals surface area contributed by atoms with Crippen molar-refractivity contribution in [1.82, 2.24) is 0 Å². The second-order valence-corrected chi connectivity index (χ2v) is 15.9. The minimum absolute atomic E-state index is 0.397. The summed E-state index contributed by atoms with van der Waals surface area (Å²) < 4.78 is 64.2. The Kier molecular flexibility index (Phi) is 16.6. The summed E-state index contributed by atoms with van der Waals surface area (Å²) in [6, 6.07) is 0. The lowest BCUT2D eigenvalue weighted by Crippen LogP contribution is -2.39. The second-order valence-electron chi connectivity index (χ2n) is 10.5. The van der Waals surface area contributed by atoms with Crippen LogP contribution in [0.5, 0.6) is 0 Å². The van der Waals surface area contributed by atoms with Crippen LogP contribution in [0.15, 0.2) is 0 Å². The molecule has 0 rings (SSSR count). The minimum Gasteiger partial charge on any atom is -0.448 e. The molecular weight excluding hydrogens is 492 g/mol. The normalized spacial score (nSPS) is 13.8. The Morgan fingerprint density at radius 3 is 0.781 bits per heavy atom. The average Bonchev–Trinajstić information content (AvgIpc) is 2.48. The zero-order valence-corrected chi connectivity index (χ0v) is 26.2. The maximum Gasteiger partial charge on any atom is 0.957 e. The van der Waals surface area contributed by atoms with E-state index in [-0.39, 0.29) is 0 Å². The van der Waals surface area contributed by atoms with E-state index >= 15 is 0 Å². The van der Waals surface area contributed by atoms with E-state index in [1.807, 2.05) is 83.1 Å². The van der Waals surface area contributed by atoms with Crippen molar-refractivity contribution in [3.63, 3.8) is 0 Å². The lowest BCUT2D eigenvalue weighted by atomic mass is 10.2. The lowest BCUT2D eigenvalue weighted by molar-refractivity contribution is 0.000306. The third-order valence-electron chi connectivity index (χ3n) is 2.44. The molecule has 0 N–H and O–H groups in total. The van der Waals surface area contributed by atoms with Gasteiger partial charge in [0.1, 0.15) is 0 Å². The molecule has 0 aromatic rings. The van der Waals surface area contributed by atoms with Gasteiger partial charge >= 0.3 is 46.8 Å². The van der Waals surface area contributed by atoms with Gasteiger partial charge in [0, 0.05) is 31.5 Å². The van der Waals surface area contributed by atoms with Crippen LogP contribution in [0.25, 0.3) is 0 Å². The number of hydrogen-bond acceptors (Lipinski definition) is 10. The molecule has 10 nitrogen and oxygen atoms in total. The molecule has 32 heavy (non-hydrogen) atoms. The van der Waals surface area contributed by atoms with Gasteiger partial charge in [0.15, 0.2) is 0 Å². The van der Waals surface area contributed by atoms with Crippen LogP contribution in [-0.4, -0.2) is 66.9 Å². The summed E-state index contributed by atoms with van der Waals surface area (Å²) >= 11 is -4.94. The van der Waals surface area contributed by atoms with Crippen molar-refractivity contribution in [2.75, 3.05) is 14.2 Å². The summed E-state index contributed by atoms with van der Waals surface area (Å²) in [7, 11) is -1.69. The van der Waals surface area contributed by atoms with Crippen LogP contribution in [0.1, 0.15) is 83.1 Å². The fourth-order valence-corrected chi connectivity index (χ4v) is 6.42. The van der Waals surface area contributed by atoms with Gasteiger partial charge in [0.25, 0.3) is 0 Å². The van der Waals surface area contributed by atoms with Crippen LogP contribution >= 0.6 is 16.5 Å². The molecule has 2 atom stereocenters. The van der Waals surface area contributed by atoms with Crippen molar-refractivity contribution in [3.8, 4) is 0 Å². The topological polar surface area (TPSA) is 108 Å². The molecule has 14 heteroatoms. The van der Waals surface area contributed by atoms with E-state index in [9.17, 15) is 9.13 Å². The van der Waals surface area contributed by atoms with E-state index in [4.69, 9.17) is 22.3 Å². The quantitative estimate of drug-likeness (QED) is 0.250. The van der Waals surface area contributed by atoms with Gasteiger partial charge in [0.05, 0.1) is 14.2 Å².